The number of terminal acetylenes is 1. The van der Waals surface area contributed by atoms with Gasteiger partial charge in [-0.3, -0.25) is 0 Å². The quantitative estimate of drug-likeness (QED) is 0.120. The van der Waals surface area contributed by atoms with Gasteiger partial charge in [0.2, 0.25) is 0 Å². The van der Waals surface area contributed by atoms with E-state index in [1.165, 1.54) is 64.2 Å². The molecular weight excluding hydrogens is 392 g/mol. The Morgan fingerprint density at radius 3 is 1.74 bits per heavy atom. The Kier molecular flexibility index (Phi) is 18.3. The van der Waals surface area contributed by atoms with Crippen LogP contribution >= 0.6 is 0 Å². The molecule has 4 atom stereocenters. The predicted octanol–water partition coefficient (Wildman–Crippen LogP) is 6.24. The van der Waals surface area contributed by atoms with Crippen LogP contribution in [0.5, 0.6) is 0 Å². The summed E-state index contributed by atoms with van der Waals surface area (Å²) in [6, 6.07) is 0. The highest BCUT2D eigenvalue weighted by atomic mass is 16.7. The Bertz CT molecular complexity index is 436. The highest BCUT2D eigenvalue weighted by Crippen LogP contribution is 2.30. The number of hydrogen-bond acceptors (Lipinski definition) is 5. The summed E-state index contributed by atoms with van der Waals surface area (Å²) >= 11 is 0. The Balaban J connectivity index is 2.32. The zero-order valence-electron chi connectivity index (χ0n) is 20.4. The summed E-state index contributed by atoms with van der Waals surface area (Å²) in [6.45, 7) is 2.85. The Hall–Kier alpha value is -0.640. The summed E-state index contributed by atoms with van der Waals surface area (Å²) < 4.78 is 28.5. The van der Waals surface area contributed by atoms with Crippen LogP contribution in [-0.4, -0.2) is 52.2 Å². The third kappa shape index (κ3) is 13.5. The van der Waals surface area contributed by atoms with Gasteiger partial charge in [-0.25, -0.2) is 0 Å². The molecule has 1 aliphatic heterocycles. The average Bonchev–Trinajstić information content (AvgIpc) is 3.27. The number of rotatable bonds is 21. The van der Waals surface area contributed by atoms with E-state index in [-0.39, 0.29) is 31.2 Å². The molecule has 0 bridgehead atoms. The Morgan fingerprint density at radius 2 is 1.26 bits per heavy atom. The molecule has 0 aromatic rings. The lowest BCUT2D eigenvalue weighted by molar-refractivity contribution is -0.158. The first-order valence-corrected chi connectivity index (χ1v) is 12.6. The van der Waals surface area contributed by atoms with Crippen molar-refractivity contribution in [3.8, 4) is 12.3 Å². The van der Waals surface area contributed by atoms with Gasteiger partial charge in [-0.15, -0.1) is 12.3 Å². The van der Waals surface area contributed by atoms with Crippen molar-refractivity contribution in [1.29, 1.82) is 0 Å². The first-order valence-electron chi connectivity index (χ1n) is 12.6. The lowest BCUT2D eigenvalue weighted by atomic mass is 10.0. The van der Waals surface area contributed by atoms with Crippen molar-refractivity contribution in [3.63, 3.8) is 0 Å². The molecule has 0 radical (unpaired) electrons. The van der Waals surface area contributed by atoms with Gasteiger partial charge >= 0.3 is 0 Å². The standard InChI is InChI=1S/C26H48O5/c1-5-7-9-10-11-12-13-14-15-16-18-24(30-22-28-4)26-20-19-25(31-26)23(17-8-6-2)29-21-27-3/h2,23-26H,5,7-22H2,1,3-4H3/t23-,24-,25-,26-/m1/s1. The molecule has 1 aliphatic rings. The van der Waals surface area contributed by atoms with Crippen molar-refractivity contribution in [2.45, 2.75) is 128 Å². The molecule has 31 heavy (non-hydrogen) atoms. The molecule has 1 fully saturated rings. The van der Waals surface area contributed by atoms with Crippen LogP contribution in [0.4, 0.5) is 0 Å². The van der Waals surface area contributed by atoms with Gasteiger partial charge in [0, 0.05) is 20.6 Å². The van der Waals surface area contributed by atoms with E-state index in [9.17, 15) is 0 Å². The van der Waals surface area contributed by atoms with Crippen LogP contribution in [0.2, 0.25) is 0 Å². The number of hydrogen-bond donors (Lipinski definition) is 0. The fraction of sp³-hybridized carbons (Fsp3) is 0.923. The molecule has 1 saturated heterocycles. The minimum atomic E-state index is -0.0265. The molecule has 182 valence electrons. The molecule has 0 unspecified atom stereocenters. The van der Waals surface area contributed by atoms with E-state index in [0.717, 1.165) is 25.7 Å². The molecule has 0 saturated carbocycles. The van der Waals surface area contributed by atoms with E-state index < -0.39 is 0 Å². The van der Waals surface area contributed by atoms with Crippen LogP contribution in [0.25, 0.3) is 0 Å². The van der Waals surface area contributed by atoms with Crippen LogP contribution in [0.3, 0.4) is 0 Å². The zero-order chi connectivity index (χ0) is 22.6. The van der Waals surface area contributed by atoms with Crippen molar-refractivity contribution in [2.24, 2.45) is 0 Å². The summed E-state index contributed by atoms with van der Waals surface area (Å²) in [5.41, 5.74) is 0. The van der Waals surface area contributed by atoms with E-state index in [1.54, 1.807) is 14.2 Å². The number of unbranched alkanes of at least 4 members (excludes halogenated alkanes) is 9. The summed E-state index contributed by atoms with van der Waals surface area (Å²) in [5.74, 6) is 2.70. The maximum atomic E-state index is 6.39. The summed E-state index contributed by atoms with van der Waals surface area (Å²) in [7, 11) is 3.31. The molecule has 0 amide bonds. The highest BCUT2D eigenvalue weighted by molar-refractivity contribution is 4.89. The molecule has 0 N–H and O–H groups in total. The summed E-state index contributed by atoms with van der Waals surface area (Å²) in [5, 5.41) is 0. The van der Waals surface area contributed by atoms with Crippen molar-refractivity contribution < 1.29 is 23.7 Å². The number of methoxy groups -OCH3 is 2. The SMILES string of the molecule is C#CCC[C@@H](OCOC)[C@H]1CC[C@H]([C@@H](CCCCCCCCCCCC)OCOC)O1. The average molecular weight is 441 g/mol. The lowest BCUT2D eigenvalue weighted by Gasteiger charge is -2.27. The minimum absolute atomic E-state index is 0.0265. The Labute approximate surface area is 191 Å². The second kappa shape index (κ2) is 20.0. The van der Waals surface area contributed by atoms with Crippen LogP contribution in [0.15, 0.2) is 0 Å². The van der Waals surface area contributed by atoms with Crippen LogP contribution in [-0.2, 0) is 23.7 Å². The molecule has 5 heteroatoms. The van der Waals surface area contributed by atoms with Gasteiger partial charge in [0.15, 0.2) is 0 Å². The normalized spacial score (nSPS) is 20.6. The maximum Gasteiger partial charge on any atom is 0.146 e. The van der Waals surface area contributed by atoms with Gasteiger partial charge in [-0.2, -0.15) is 0 Å². The van der Waals surface area contributed by atoms with Gasteiger partial charge in [0.25, 0.3) is 0 Å². The van der Waals surface area contributed by atoms with Gasteiger partial charge in [-0.05, 0) is 25.7 Å². The fourth-order valence-electron chi connectivity index (χ4n) is 4.36. The molecule has 0 aliphatic carbocycles. The van der Waals surface area contributed by atoms with Crippen LogP contribution < -0.4 is 0 Å². The van der Waals surface area contributed by atoms with E-state index in [4.69, 9.17) is 30.1 Å². The molecule has 0 spiro atoms. The van der Waals surface area contributed by atoms with E-state index in [0.29, 0.717) is 13.2 Å². The van der Waals surface area contributed by atoms with E-state index >= 15 is 0 Å². The molecular formula is C26H48O5. The number of ether oxygens (including phenoxy) is 5. The summed E-state index contributed by atoms with van der Waals surface area (Å²) in [4.78, 5) is 0. The maximum absolute atomic E-state index is 6.39. The van der Waals surface area contributed by atoms with Crippen LogP contribution in [0, 0.1) is 12.3 Å². The predicted molar refractivity (Wildman–Crippen MR) is 126 cm³/mol. The zero-order valence-corrected chi connectivity index (χ0v) is 20.4. The van der Waals surface area contributed by atoms with Gasteiger partial charge in [0.05, 0.1) is 24.4 Å². The monoisotopic (exact) mass is 440 g/mol. The van der Waals surface area contributed by atoms with E-state index in [1.807, 2.05) is 0 Å². The summed E-state index contributed by atoms with van der Waals surface area (Å²) in [6.07, 6.45) is 23.5. The second-order valence-electron chi connectivity index (χ2n) is 8.73. The largest absolute Gasteiger partial charge is 0.370 e. The molecule has 1 heterocycles. The van der Waals surface area contributed by atoms with Gasteiger partial charge in [0.1, 0.15) is 13.6 Å². The highest BCUT2D eigenvalue weighted by Gasteiger charge is 2.36. The molecule has 5 nitrogen and oxygen atoms in total. The van der Waals surface area contributed by atoms with Gasteiger partial charge in [-0.1, -0.05) is 71.1 Å². The minimum Gasteiger partial charge on any atom is -0.370 e. The van der Waals surface area contributed by atoms with E-state index in [2.05, 4.69) is 12.8 Å². The third-order valence-electron chi connectivity index (χ3n) is 6.13. The lowest BCUT2D eigenvalue weighted by Crippen LogP contribution is -2.34. The fourth-order valence-corrected chi connectivity index (χ4v) is 4.36. The van der Waals surface area contributed by atoms with Crippen molar-refractivity contribution in [2.75, 3.05) is 27.8 Å². The van der Waals surface area contributed by atoms with Crippen molar-refractivity contribution >= 4 is 0 Å². The topological polar surface area (TPSA) is 46.2 Å². The van der Waals surface area contributed by atoms with Crippen molar-refractivity contribution in [1.82, 2.24) is 0 Å². The first kappa shape index (κ1) is 28.4. The smallest absolute Gasteiger partial charge is 0.146 e. The second-order valence-corrected chi connectivity index (χ2v) is 8.73. The third-order valence-corrected chi connectivity index (χ3v) is 6.13. The Morgan fingerprint density at radius 1 is 0.774 bits per heavy atom. The first-order chi connectivity index (χ1) is 15.3. The molecule has 0 aromatic heterocycles. The van der Waals surface area contributed by atoms with Crippen LogP contribution in [0.1, 0.15) is 103 Å². The van der Waals surface area contributed by atoms with Crippen molar-refractivity contribution in [3.05, 3.63) is 0 Å². The molecule has 1 rings (SSSR count). The molecule has 0 aromatic carbocycles. The van der Waals surface area contributed by atoms with Gasteiger partial charge < -0.3 is 23.7 Å².